The van der Waals surface area contributed by atoms with E-state index >= 15 is 0 Å². The van der Waals surface area contributed by atoms with E-state index in [-0.39, 0.29) is 40.7 Å². The molecule has 1 aromatic carbocycles. The van der Waals surface area contributed by atoms with Gasteiger partial charge in [-0.15, -0.1) is 0 Å². The summed E-state index contributed by atoms with van der Waals surface area (Å²) in [6.07, 6.45) is 0. The van der Waals surface area contributed by atoms with E-state index in [0.29, 0.717) is 5.56 Å². The van der Waals surface area contributed by atoms with E-state index in [4.69, 9.17) is 79.1 Å². The predicted octanol–water partition coefficient (Wildman–Crippen LogP) is 5.52. The van der Waals surface area contributed by atoms with E-state index < -0.39 is 38.5 Å². The molecule has 196 valence electrons. The Labute approximate surface area is 244 Å². The standard InChI is InChI=1S/C20H17BrCl6N4O5/c1-3-35-13(32)8-31(9-14(33)36-4-2)16(34)11-6-5-10(7-12(11)21)15-28-17(19(22,23)24)30-18(29-15)20(25,26)27/h5-7H,3-4,8-9H2,1-2H3. The van der Waals surface area contributed by atoms with Crippen LogP contribution in [0.5, 0.6) is 0 Å². The normalized spacial score (nSPS) is 11.7. The number of hydrogen-bond donors (Lipinski definition) is 0. The van der Waals surface area contributed by atoms with E-state index in [9.17, 15) is 14.4 Å². The van der Waals surface area contributed by atoms with Crippen molar-refractivity contribution in [3.8, 4) is 11.4 Å². The van der Waals surface area contributed by atoms with Gasteiger partial charge in [-0.25, -0.2) is 15.0 Å². The van der Waals surface area contributed by atoms with E-state index in [1.54, 1.807) is 13.8 Å². The second-order valence-corrected chi connectivity index (χ2v) is 12.2. The van der Waals surface area contributed by atoms with Crippen molar-refractivity contribution < 1.29 is 23.9 Å². The Balaban J connectivity index is 2.47. The zero-order valence-electron chi connectivity index (χ0n) is 18.5. The van der Waals surface area contributed by atoms with Crippen molar-refractivity contribution in [3.63, 3.8) is 0 Å². The summed E-state index contributed by atoms with van der Waals surface area (Å²) in [6.45, 7) is 2.52. The minimum Gasteiger partial charge on any atom is -0.465 e. The Morgan fingerprint density at radius 1 is 0.861 bits per heavy atom. The van der Waals surface area contributed by atoms with Crippen LogP contribution in [0.25, 0.3) is 11.4 Å². The van der Waals surface area contributed by atoms with Crippen molar-refractivity contribution in [1.82, 2.24) is 19.9 Å². The summed E-state index contributed by atoms with van der Waals surface area (Å²) < 4.78 is 5.98. The average Bonchev–Trinajstić information content (AvgIpc) is 2.77. The van der Waals surface area contributed by atoms with Crippen molar-refractivity contribution in [2.45, 2.75) is 21.4 Å². The van der Waals surface area contributed by atoms with Gasteiger partial charge in [-0.05, 0) is 41.9 Å². The zero-order valence-corrected chi connectivity index (χ0v) is 24.7. The van der Waals surface area contributed by atoms with Gasteiger partial charge in [-0.1, -0.05) is 75.7 Å². The number of halogens is 7. The highest BCUT2D eigenvalue weighted by Gasteiger charge is 2.34. The van der Waals surface area contributed by atoms with Crippen LogP contribution in [0.1, 0.15) is 35.9 Å². The number of aromatic nitrogens is 3. The first-order valence-corrected chi connectivity index (χ1v) is 13.0. The molecule has 2 rings (SSSR count). The van der Waals surface area contributed by atoms with E-state index in [1.807, 2.05) is 0 Å². The largest absolute Gasteiger partial charge is 0.465 e. The Kier molecular flexibility index (Phi) is 11.3. The molecule has 2 aromatic rings. The van der Waals surface area contributed by atoms with Gasteiger partial charge in [0.15, 0.2) is 17.5 Å². The van der Waals surface area contributed by atoms with Gasteiger partial charge in [0.2, 0.25) is 7.59 Å². The number of esters is 2. The molecule has 0 aliphatic carbocycles. The molecule has 0 atom stereocenters. The number of carbonyl (C=O) groups is 3. The third-order valence-electron chi connectivity index (χ3n) is 4.14. The summed E-state index contributed by atoms with van der Waals surface area (Å²) in [7, 11) is 0. The van der Waals surface area contributed by atoms with Gasteiger partial charge in [0, 0.05) is 10.0 Å². The minimum atomic E-state index is -2.05. The molecule has 0 saturated carbocycles. The fourth-order valence-corrected chi connectivity index (χ4v) is 3.74. The second-order valence-electron chi connectivity index (χ2n) is 6.77. The van der Waals surface area contributed by atoms with E-state index in [1.165, 1.54) is 18.2 Å². The quantitative estimate of drug-likeness (QED) is 0.264. The summed E-state index contributed by atoms with van der Waals surface area (Å²) in [5.41, 5.74) is 0.457. The smallest absolute Gasteiger partial charge is 0.325 e. The summed E-state index contributed by atoms with van der Waals surface area (Å²) in [6, 6.07) is 4.38. The molecule has 0 N–H and O–H groups in total. The van der Waals surface area contributed by atoms with Gasteiger partial charge >= 0.3 is 11.9 Å². The van der Waals surface area contributed by atoms with Gasteiger partial charge in [-0.3, -0.25) is 14.4 Å². The first kappa shape index (κ1) is 31.1. The van der Waals surface area contributed by atoms with Crippen LogP contribution < -0.4 is 0 Å². The van der Waals surface area contributed by atoms with Crippen LogP contribution in [0.2, 0.25) is 0 Å². The monoisotopic (exact) mass is 682 g/mol. The highest BCUT2D eigenvalue weighted by molar-refractivity contribution is 9.10. The van der Waals surface area contributed by atoms with Crippen molar-refractivity contribution >= 4 is 103 Å². The third kappa shape index (κ3) is 8.72. The van der Waals surface area contributed by atoms with Gasteiger partial charge in [0.1, 0.15) is 13.1 Å². The summed E-state index contributed by atoms with van der Waals surface area (Å²) in [5.74, 6) is -2.61. The zero-order chi connectivity index (χ0) is 27.3. The van der Waals surface area contributed by atoms with Crippen molar-refractivity contribution in [2.24, 2.45) is 0 Å². The van der Waals surface area contributed by atoms with Crippen molar-refractivity contribution in [3.05, 3.63) is 39.9 Å². The van der Waals surface area contributed by atoms with Crippen LogP contribution in [0, 0.1) is 0 Å². The molecule has 36 heavy (non-hydrogen) atoms. The molecule has 0 fully saturated rings. The van der Waals surface area contributed by atoms with Crippen molar-refractivity contribution in [1.29, 1.82) is 0 Å². The summed E-state index contributed by atoms with van der Waals surface area (Å²) in [5, 5.41) is 0. The Morgan fingerprint density at radius 3 is 1.72 bits per heavy atom. The van der Waals surface area contributed by atoms with Crippen LogP contribution in [0.15, 0.2) is 22.7 Å². The number of nitrogens with zero attached hydrogens (tertiary/aromatic N) is 4. The number of alkyl halides is 6. The van der Waals surface area contributed by atoms with Gasteiger partial charge in [0.25, 0.3) is 5.91 Å². The molecule has 16 heteroatoms. The fourth-order valence-electron chi connectivity index (χ4n) is 2.68. The molecule has 0 radical (unpaired) electrons. The number of carbonyl (C=O) groups excluding carboxylic acids is 3. The van der Waals surface area contributed by atoms with Crippen LogP contribution in [-0.4, -0.2) is 64.0 Å². The van der Waals surface area contributed by atoms with Crippen LogP contribution in [-0.2, 0) is 26.6 Å². The van der Waals surface area contributed by atoms with Crippen molar-refractivity contribution in [2.75, 3.05) is 26.3 Å². The van der Waals surface area contributed by atoms with Crippen LogP contribution in [0.3, 0.4) is 0 Å². The molecule has 0 aliphatic rings. The lowest BCUT2D eigenvalue weighted by Gasteiger charge is -2.21. The van der Waals surface area contributed by atoms with E-state index in [0.717, 1.165) is 4.90 Å². The van der Waals surface area contributed by atoms with Gasteiger partial charge in [-0.2, -0.15) is 0 Å². The lowest BCUT2D eigenvalue weighted by Crippen LogP contribution is -2.40. The topological polar surface area (TPSA) is 112 Å². The number of ether oxygens (including phenoxy) is 2. The lowest BCUT2D eigenvalue weighted by atomic mass is 10.1. The maximum absolute atomic E-state index is 13.2. The Bertz CT molecular complexity index is 1090. The first-order chi connectivity index (χ1) is 16.7. The molecular weight excluding hydrogens is 669 g/mol. The third-order valence-corrected chi connectivity index (χ3v) is 5.81. The molecule has 1 amide bonds. The maximum Gasteiger partial charge on any atom is 0.325 e. The summed E-state index contributed by atoms with van der Waals surface area (Å²) >= 11 is 38.8. The molecule has 1 heterocycles. The molecule has 9 nitrogen and oxygen atoms in total. The van der Waals surface area contributed by atoms with Gasteiger partial charge < -0.3 is 14.4 Å². The highest BCUT2D eigenvalue weighted by atomic mass is 79.9. The average molecular weight is 686 g/mol. The molecular formula is C20H17BrCl6N4O5. The van der Waals surface area contributed by atoms with Gasteiger partial charge in [0.05, 0.1) is 18.8 Å². The molecule has 0 saturated heterocycles. The summed E-state index contributed by atoms with van der Waals surface area (Å²) in [4.78, 5) is 50.4. The molecule has 1 aromatic heterocycles. The maximum atomic E-state index is 13.2. The van der Waals surface area contributed by atoms with Crippen LogP contribution >= 0.6 is 85.5 Å². The predicted molar refractivity (Wildman–Crippen MR) is 141 cm³/mol. The molecule has 0 bridgehead atoms. The number of benzene rings is 1. The second kappa shape index (κ2) is 13.1. The Hall–Kier alpha value is -1.14. The fraction of sp³-hybridized carbons (Fsp3) is 0.400. The van der Waals surface area contributed by atoms with E-state index in [2.05, 4.69) is 30.9 Å². The first-order valence-electron chi connectivity index (χ1n) is 9.98. The van der Waals surface area contributed by atoms with Crippen LogP contribution in [0.4, 0.5) is 0 Å². The number of hydrogen-bond acceptors (Lipinski definition) is 8. The molecule has 0 spiro atoms. The SMILES string of the molecule is CCOC(=O)CN(CC(=O)OCC)C(=O)c1ccc(-c2nc(C(Cl)(Cl)Cl)nc(C(Cl)(Cl)Cl)n2)cc1Br. The lowest BCUT2D eigenvalue weighted by molar-refractivity contribution is -0.147. The Morgan fingerprint density at radius 2 is 1.33 bits per heavy atom. The highest BCUT2D eigenvalue weighted by Crippen LogP contribution is 2.41. The molecule has 0 aliphatic heterocycles. The minimum absolute atomic E-state index is 0.0118. The number of amides is 1. The number of rotatable bonds is 8. The molecule has 0 unspecified atom stereocenters.